The van der Waals surface area contributed by atoms with Crippen molar-refractivity contribution >= 4 is 28.2 Å². The second kappa shape index (κ2) is 10.4. The van der Waals surface area contributed by atoms with E-state index in [9.17, 15) is 15.0 Å². The average Bonchev–Trinajstić information content (AvgIpc) is 3.28. The number of aliphatic hydroxyl groups is 1. The zero-order valence-electron chi connectivity index (χ0n) is 22.0. The average molecular weight is 516 g/mol. The van der Waals surface area contributed by atoms with E-state index in [4.69, 9.17) is 10.4 Å². The van der Waals surface area contributed by atoms with Crippen LogP contribution in [0.4, 0.5) is 0 Å². The molecule has 6 heteroatoms. The Bertz CT molecular complexity index is 1690. The number of aliphatic hydroxyl groups excluding tert-OH is 1. The number of hydrogen-bond acceptors (Lipinski definition) is 4. The maximum Gasteiger partial charge on any atom is 0.335 e. The molecule has 2 heterocycles. The maximum absolute atomic E-state index is 11.6. The molecule has 3 N–H and O–H groups in total. The predicted octanol–water partition coefficient (Wildman–Crippen LogP) is 7.68. The molecule has 0 spiro atoms. The van der Waals surface area contributed by atoms with Crippen molar-refractivity contribution < 1.29 is 15.0 Å². The first-order valence-corrected chi connectivity index (χ1v) is 12.7. The van der Waals surface area contributed by atoms with Crippen molar-refractivity contribution in [2.75, 3.05) is 0 Å². The Kier molecular flexibility index (Phi) is 6.86. The van der Waals surface area contributed by atoms with E-state index in [1.807, 2.05) is 66.7 Å². The summed E-state index contributed by atoms with van der Waals surface area (Å²) in [6.07, 6.45) is 3.87. The fourth-order valence-corrected chi connectivity index (χ4v) is 5.27. The van der Waals surface area contributed by atoms with Gasteiger partial charge in [-0.15, -0.1) is 0 Å². The third-order valence-corrected chi connectivity index (χ3v) is 6.99. The molecule has 0 aliphatic carbocycles. The van der Waals surface area contributed by atoms with E-state index >= 15 is 0 Å². The van der Waals surface area contributed by atoms with Crippen molar-refractivity contribution in [3.05, 3.63) is 131 Å². The molecule has 0 bridgehead atoms. The minimum atomic E-state index is -0.953. The molecule has 5 aromatic rings. The van der Waals surface area contributed by atoms with Gasteiger partial charge in [-0.1, -0.05) is 60.7 Å². The van der Waals surface area contributed by atoms with Gasteiger partial charge in [0.1, 0.15) is 6.04 Å². The molecule has 2 aromatic heterocycles. The van der Waals surface area contributed by atoms with Gasteiger partial charge in [-0.05, 0) is 67.3 Å². The number of aromatic nitrogens is 2. The summed E-state index contributed by atoms with van der Waals surface area (Å²) in [5.74, 6) is -0.865. The fourth-order valence-electron chi connectivity index (χ4n) is 5.27. The molecule has 39 heavy (non-hydrogen) atoms. The van der Waals surface area contributed by atoms with Gasteiger partial charge < -0.3 is 20.2 Å². The maximum atomic E-state index is 11.6. The Morgan fingerprint density at radius 1 is 0.923 bits per heavy atom. The van der Waals surface area contributed by atoms with E-state index in [1.165, 1.54) is 0 Å². The van der Waals surface area contributed by atoms with Crippen molar-refractivity contribution in [1.29, 1.82) is 5.41 Å². The quantitative estimate of drug-likeness (QED) is 0.153. The van der Waals surface area contributed by atoms with Crippen LogP contribution in [-0.4, -0.2) is 31.4 Å². The van der Waals surface area contributed by atoms with Gasteiger partial charge in [0.25, 0.3) is 0 Å². The molecule has 0 amide bonds. The lowest BCUT2D eigenvalue weighted by molar-refractivity contribution is 0.0696. The minimum Gasteiger partial charge on any atom is -0.512 e. The van der Waals surface area contributed by atoms with E-state index in [1.54, 1.807) is 33.0 Å². The Balaban J connectivity index is 1.84. The third kappa shape index (κ3) is 4.84. The summed E-state index contributed by atoms with van der Waals surface area (Å²) in [5.41, 5.74) is 7.14. The lowest BCUT2D eigenvalue weighted by atomic mass is 9.96. The first-order chi connectivity index (χ1) is 18.8. The summed E-state index contributed by atoms with van der Waals surface area (Å²) in [7, 11) is 0. The van der Waals surface area contributed by atoms with Gasteiger partial charge in [-0.3, -0.25) is 4.98 Å². The van der Waals surface area contributed by atoms with Crippen LogP contribution in [0.3, 0.4) is 0 Å². The highest BCUT2D eigenvalue weighted by molar-refractivity contribution is 6.22. The molecule has 0 aliphatic heterocycles. The number of carbonyl (C=O) groups is 1. The van der Waals surface area contributed by atoms with Crippen LogP contribution in [-0.2, 0) is 0 Å². The van der Waals surface area contributed by atoms with Crippen molar-refractivity contribution in [3.63, 3.8) is 0 Å². The second-order valence-corrected chi connectivity index (χ2v) is 9.67. The molecule has 3 aromatic carbocycles. The van der Waals surface area contributed by atoms with Gasteiger partial charge in [0.2, 0.25) is 0 Å². The zero-order valence-corrected chi connectivity index (χ0v) is 22.0. The molecule has 6 nitrogen and oxygen atoms in total. The van der Waals surface area contributed by atoms with Crippen molar-refractivity contribution in [3.8, 4) is 11.1 Å². The summed E-state index contributed by atoms with van der Waals surface area (Å²) < 4.78 is 2.18. The van der Waals surface area contributed by atoms with Crippen LogP contribution >= 0.6 is 0 Å². The second-order valence-electron chi connectivity index (χ2n) is 9.67. The van der Waals surface area contributed by atoms with Crippen LogP contribution in [0.5, 0.6) is 0 Å². The molecule has 194 valence electrons. The number of hydrogen-bond donors (Lipinski definition) is 3. The van der Waals surface area contributed by atoms with Crippen LogP contribution in [0.25, 0.3) is 27.6 Å². The Morgan fingerprint density at radius 2 is 1.67 bits per heavy atom. The molecule has 0 radical (unpaired) electrons. The van der Waals surface area contributed by atoms with Crippen LogP contribution < -0.4 is 0 Å². The SMILES string of the molecule is CC(=N)/C(=C(/C)O)c1ccc2c(-c3ccc(C(=O)O)c(C)c3)cn(C(c3ccccc3)c3ccccn3)c2c1. The van der Waals surface area contributed by atoms with Crippen LogP contribution in [0.1, 0.15) is 52.6 Å². The molecule has 1 atom stereocenters. The molecule has 5 rings (SSSR count). The van der Waals surface area contributed by atoms with Gasteiger partial charge >= 0.3 is 5.97 Å². The van der Waals surface area contributed by atoms with Gasteiger partial charge in [-0.25, -0.2) is 4.79 Å². The zero-order chi connectivity index (χ0) is 27.7. The predicted molar refractivity (Wildman–Crippen MR) is 156 cm³/mol. The van der Waals surface area contributed by atoms with E-state index in [2.05, 4.69) is 22.9 Å². The first kappa shape index (κ1) is 25.7. The summed E-state index contributed by atoms with van der Waals surface area (Å²) in [5, 5.41) is 29.2. The van der Waals surface area contributed by atoms with Crippen LogP contribution in [0.2, 0.25) is 0 Å². The largest absolute Gasteiger partial charge is 0.512 e. The summed E-state index contributed by atoms with van der Waals surface area (Å²) in [6.45, 7) is 5.06. The number of pyridine rings is 1. The van der Waals surface area contributed by atoms with E-state index < -0.39 is 5.97 Å². The number of nitrogens with zero attached hydrogens (tertiary/aromatic N) is 2. The number of aromatic carboxylic acids is 1. The topological polar surface area (TPSA) is 99.2 Å². The number of carboxylic acids is 1. The number of carboxylic acid groups (broad SMARTS) is 1. The smallest absolute Gasteiger partial charge is 0.335 e. The molecule has 0 fully saturated rings. The summed E-state index contributed by atoms with van der Waals surface area (Å²) >= 11 is 0. The van der Waals surface area contributed by atoms with Crippen LogP contribution in [0, 0.1) is 12.3 Å². The summed E-state index contributed by atoms with van der Waals surface area (Å²) in [6, 6.07) is 27.1. The Hall–Kier alpha value is -4.97. The Labute approximate surface area is 227 Å². The highest BCUT2D eigenvalue weighted by atomic mass is 16.4. The highest BCUT2D eigenvalue weighted by Crippen LogP contribution is 2.38. The van der Waals surface area contributed by atoms with Gasteiger partial charge in [0.05, 0.1) is 22.5 Å². The molecule has 0 saturated heterocycles. The molecular weight excluding hydrogens is 486 g/mol. The van der Waals surface area contributed by atoms with Crippen LogP contribution in [0.15, 0.2) is 103 Å². The van der Waals surface area contributed by atoms with Gasteiger partial charge in [0, 0.05) is 34.6 Å². The lowest BCUT2D eigenvalue weighted by Gasteiger charge is -2.21. The molecule has 1 unspecified atom stereocenters. The molecule has 0 saturated carbocycles. The summed E-state index contributed by atoms with van der Waals surface area (Å²) in [4.78, 5) is 16.4. The number of allylic oxidation sites excluding steroid dienone is 2. The van der Waals surface area contributed by atoms with E-state index in [-0.39, 0.29) is 23.1 Å². The van der Waals surface area contributed by atoms with E-state index in [0.717, 1.165) is 38.9 Å². The lowest BCUT2D eigenvalue weighted by Crippen LogP contribution is -2.13. The minimum absolute atomic E-state index is 0.0874. The highest BCUT2D eigenvalue weighted by Gasteiger charge is 2.23. The monoisotopic (exact) mass is 515 g/mol. The number of benzene rings is 3. The standard InChI is InChI=1S/C33H29N3O3/c1-20-17-24(12-14-26(20)33(38)39)28-19-36(30-18-25(13-15-27(28)30)31(21(2)34)22(3)37)32(23-9-5-4-6-10-23)29-11-7-8-16-35-29/h4-19,32,34,37H,1-3H3,(H,38,39)/b31-22+,34-21?. The Morgan fingerprint density at radius 3 is 2.28 bits per heavy atom. The van der Waals surface area contributed by atoms with Crippen molar-refractivity contribution in [2.24, 2.45) is 0 Å². The third-order valence-electron chi connectivity index (χ3n) is 6.99. The fraction of sp³-hybridized carbons (Fsp3) is 0.121. The number of aryl methyl sites for hydroxylation is 1. The number of nitrogens with one attached hydrogen (secondary N) is 1. The van der Waals surface area contributed by atoms with Crippen molar-refractivity contribution in [2.45, 2.75) is 26.8 Å². The molecule has 0 aliphatic rings. The van der Waals surface area contributed by atoms with E-state index in [0.29, 0.717) is 11.1 Å². The normalized spacial score (nSPS) is 12.7. The first-order valence-electron chi connectivity index (χ1n) is 12.7. The van der Waals surface area contributed by atoms with Crippen molar-refractivity contribution in [1.82, 2.24) is 9.55 Å². The van der Waals surface area contributed by atoms with Gasteiger partial charge in [-0.2, -0.15) is 0 Å². The number of rotatable bonds is 7. The molecular formula is C33H29N3O3. The van der Waals surface area contributed by atoms with Gasteiger partial charge in [0.15, 0.2) is 0 Å². The number of fused-ring (bicyclic) bond motifs is 1.